The summed E-state index contributed by atoms with van der Waals surface area (Å²) in [6.07, 6.45) is 0. The van der Waals surface area contributed by atoms with Crippen molar-refractivity contribution in [3.8, 4) is 0 Å². The van der Waals surface area contributed by atoms with Gasteiger partial charge in [-0.3, -0.25) is 4.79 Å². The highest BCUT2D eigenvalue weighted by Crippen LogP contribution is 2.24. The van der Waals surface area contributed by atoms with Crippen LogP contribution >= 0.6 is 11.6 Å². The molecule has 2 rings (SSSR count). The zero-order valence-corrected chi connectivity index (χ0v) is 12.3. The molecule has 0 bridgehead atoms. The second kappa shape index (κ2) is 5.97. The lowest BCUT2D eigenvalue weighted by Crippen LogP contribution is -2.17. The van der Waals surface area contributed by atoms with Crippen LogP contribution in [0.25, 0.3) is 0 Å². The first-order valence-corrected chi connectivity index (χ1v) is 6.72. The second-order valence-electron chi connectivity index (χ2n) is 4.78. The molecule has 20 heavy (non-hydrogen) atoms. The van der Waals surface area contributed by atoms with Gasteiger partial charge in [-0.05, 0) is 36.8 Å². The van der Waals surface area contributed by atoms with Crippen LogP contribution in [-0.4, -0.2) is 12.8 Å². The number of rotatable bonds is 4. The number of carbonyl (C=O) groups is 1. The standard InChI is InChI=1S/C16H17ClN2O/c1-11(20)14-8-7-13(9-16(14)18)19(2)10-12-5-3-4-6-15(12)17/h3-9H,10,18H2,1-2H3. The van der Waals surface area contributed by atoms with Crippen LogP contribution in [-0.2, 0) is 6.54 Å². The van der Waals surface area contributed by atoms with Gasteiger partial charge in [0.25, 0.3) is 0 Å². The molecule has 0 unspecified atom stereocenters. The fraction of sp³-hybridized carbons (Fsp3) is 0.188. The van der Waals surface area contributed by atoms with Crippen molar-refractivity contribution in [2.75, 3.05) is 17.7 Å². The van der Waals surface area contributed by atoms with Crippen LogP contribution in [0.4, 0.5) is 11.4 Å². The van der Waals surface area contributed by atoms with Gasteiger partial charge in [0.1, 0.15) is 0 Å². The molecule has 2 N–H and O–H groups in total. The number of carbonyl (C=O) groups excluding carboxylic acids is 1. The van der Waals surface area contributed by atoms with E-state index in [2.05, 4.69) is 0 Å². The molecule has 0 aliphatic carbocycles. The lowest BCUT2D eigenvalue weighted by atomic mass is 10.1. The molecule has 0 saturated carbocycles. The first-order valence-electron chi connectivity index (χ1n) is 6.34. The number of ketones is 1. The largest absolute Gasteiger partial charge is 0.398 e. The summed E-state index contributed by atoms with van der Waals surface area (Å²) in [6.45, 7) is 2.19. The van der Waals surface area contributed by atoms with Gasteiger partial charge in [-0.2, -0.15) is 0 Å². The Bertz CT molecular complexity index is 640. The zero-order chi connectivity index (χ0) is 14.7. The number of anilines is 2. The monoisotopic (exact) mass is 288 g/mol. The van der Waals surface area contributed by atoms with Gasteiger partial charge in [0.05, 0.1) is 0 Å². The molecule has 3 nitrogen and oxygen atoms in total. The summed E-state index contributed by atoms with van der Waals surface area (Å²) in [7, 11) is 1.96. The summed E-state index contributed by atoms with van der Waals surface area (Å²) in [5, 5.41) is 0.743. The summed E-state index contributed by atoms with van der Waals surface area (Å²) in [4.78, 5) is 13.4. The molecule has 0 aromatic heterocycles. The Kier molecular flexibility index (Phi) is 4.30. The molecule has 0 radical (unpaired) electrons. The van der Waals surface area contributed by atoms with E-state index >= 15 is 0 Å². The minimum absolute atomic E-state index is 0.0252. The van der Waals surface area contributed by atoms with Crippen molar-refractivity contribution < 1.29 is 4.79 Å². The highest BCUT2D eigenvalue weighted by molar-refractivity contribution is 6.31. The topological polar surface area (TPSA) is 46.3 Å². The molecule has 0 aliphatic rings. The molecule has 0 atom stereocenters. The normalized spacial score (nSPS) is 10.3. The number of nitrogens with zero attached hydrogens (tertiary/aromatic N) is 1. The quantitative estimate of drug-likeness (QED) is 0.688. The van der Waals surface area contributed by atoms with Crippen molar-refractivity contribution in [3.63, 3.8) is 0 Å². The minimum atomic E-state index is -0.0252. The summed E-state index contributed by atoms with van der Waals surface area (Å²) in [5.74, 6) is -0.0252. The maximum atomic E-state index is 11.4. The van der Waals surface area contributed by atoms with Gasteiger partial charge in [0.2, 0.25) is 0 Å². The van der Waals surface area contributed by atoms with Gasteiger partial charge in [0.15, 0.2) is 5.78 Å². The van der Waals surface area contributed by atoms with E-state index in [9.17, 15) is 4.79 Å². The number of benzene rings is 2. The highest BCUT2D eigenvalue weighted by atomic mass is 35.5. The average molecular weight is 289 g/mol. The van der Waals surface area contributed by atoms with Crippen LogP contribution in [0.15, 0.2) is 42.5 Å². The Labute approximate surface area is 124 Å². The van der Waals surface area contributed by atoms with Crippen molar-refractivity contribution in [1.82, 2.24) is 0 Å². The van der Waals surface area contributed by atoms with Crippen molar-refractivity contribution in [2.45, 2.75) is 13.5 Å². The van der Waals surface area contributed by atoms with Crippen molar-refractivity contribution >= 4 is 28.8 Å². The Balaban J connectivity index is 2.22. The predicted octanol–water partition coefficient (Wildman–Crippen LogP) is 3.76. The summed E-state index contributed by atoms with van der Waals surface area (Å²) in [5.41, 5.74) is 8.96. The summed E-state index contributed by atoms with van der Waals surface area (Å²) in [6, 6.07) is 13.2. The maximum absolute atomic E-state index is 11.4. The van der Waals surface area contributed by atoms with E-state index in [0.29, 0.717) is 17.8 Å². The molecule has 2 aromatic rings. The van der Waals surface area contributed by atoms with Crippen molar-refractivity contribution in [1.29, 1.82) is 0 Å². The van der Waals surface area contributed by atoms with E-state index in [0.717, 1.165) is 16.3 Å². The smallest absolute Gasteiger partial charge is 0.161 e. The molecule has 0 aliphatic heterocycles. The van der Waals surface area contributed by atoms with Crippen molar-refractivity contribution in [3.05, 3.63) is 58.6 Å². The van der Waals surface area contributed by atoms with Crippen LogP contribution in [0.2, 0.25) is 5.02 Å². The van der Waals surface area contributed by atoms with Gasteiger partial charge in [0, 0.05) is 35.6 Å². The maximum Gasteiger partial charge on any atom is 0.161 e. The van der Waals surface area contributed by atoms with Crippen LogP contribution in [0.1, 0.15) is 22.8 Å². The molecule has 0 heterocycles. The van der Waals surface area contributed by atoms with Crippen LogP contribution in [0.5, 0.6) is 0 Å². The average Bonchev–Trinajstić information content (AvgIpc) is 2.40. The van der Waals surface area contributed by atoms with Gasteiger partial charge < -0.3 is 10.6 Å². The lowest BCUT2D eigenvalue weighted by molar-refractivity contribution is 0.101. The van der Waals surface area contributed by atoms with Crippen LogP contribution < -0.4 is 10.6 Å². The Morgan fingerprint density at radius 2 is 1.95 bits per heavy atom. The first kappa shape index (κ1) is 14.4. The van der Waals surface area contributed by atoms with Gasteiger partial charge in [-0.1, -0.05) is 29.8 Å². The number of Topliss-reactive ketones (excluding diaryl/α,β-unsaturated/α-hetero) is 1. The third kappa shape index (κ3) is 3.11. The summed E-state index contributed by atoms with van der Waals surface area (Å²) >= 11 is 6.16. The zero-order valence-electron chi connectivity index (χ0n) is 11.6. The third-order valence-corrected chi connectivity index (χ3v) is 3.59. The van der Waals surface area contributed by atoms with E-state index in [1.54, 1.807) is 6.07 Å². The SMILES string of the molecule is CC(=O)c1ccc(N(C)Cc2ccccc2Cl)cc1N. The van der Waals surface area contributed by atoms with Crippen molar-refractivity contribution in [2.24, 2.45) is 0 Å². The predicted molar refractivity (Wildman–Crippen MR) is 84.4 cm³/mol. The fourth-order valence-corrected chi connectivity index (χ4v) is 2.28. The molecule has 0 amide bonds. The van der Waals surface area contributed by atoms with Gasteiger partial charge in [-0.15, -0.1) is 0 Å². The number of nitrogens with two attached hydrogens (primary N) is 1. The molecule has 0 fully saturated rings. The van der Waals surface area contributed by atoms with Crippen LogP contribution in [0, 0.1) is 0 Å². The second-order valence-corrected chi connectivity index (χ2v) is 5.18. The Hall–Kier alpha value is -2.00. The summed E-state index contributed by atoms with van der Waals surface area (Å²) < 4.78 is 0. The first-order chi connectivity index (χ1) is 9.49. The molecule has 4 heteroatoms. The minimum Gasteiger partial charge on any atom is -0.398 e. The molecule has 0 saturated heterocycles. The fourth-order valence-electron chi connectivity index (χ4n) is 2.08. The Morgan fingerprint density at radius 1 is 1.25 bits per heavy atom. The van der Waals surface area contributed by atoms with Gasteiger partial charge >= 0.3 is 0 Å². The van der Waals surface area contributed by atoms with E-state index in [4.69, 9.17) is 17.3 Å². The lowest BCUT2D eigenvalue weighted by Gasteiger charge is -2.21. The van der Waals surface area contributed by atoms with Gasteiger partial charge in [-0.25, -0.2) is 0 Å². The number of hydrogen-bond acceptors (Lipinski definition) is 3. The van der Waals surface area contributed by atoms with Crippen LogP contribution in [0.3, 0.4) is 0 Å². The number of halogens is 1. The molecule has 0 spiro atoms. The van der Waals surface area contributed by atoms with E-state index in [1.807, 2.05) is 48.3 Å². The third-order valence-electron chi connectivity index (χ3n) is 3.22. The number of nitrogen functional groups attached to an aromatic ring is 1. The molecule has 2 aromatic carbocycles. The van der Waals surface area contributed by atoms with E-state index in [1.165, 1.54) is 6.92 Å². The molecule has 104 valence electrons. The molecular weight excluding hydrogens is 272 g/mol. The molecular formula is C16H17ClN2O. The highest BCUT2D eigenvalue weighted by Gasteiger charge is 2.09. The van der Waals surface area contributed by atoms with E-state index in [-0.39, 0.29) is 5.78 Å². The van der Waals surface area contributed by atoms with E-state index < -0.39 is 0 Å². The Morgan fingerprint density at radius 3 is 2.55 bits per heavy atom. The number of hydrogen-bond donors (Lipinski definition) is 1.